The Labute approximate surface area is 103 Å². The maximum absolute atomic E-state index is 9.44. The van der Waals surface area contributed by atoms with Gasteiger partial charge in [0, 0.05) is 20.3 Å². The number of phenols is 1. The van der Waals surface area contributed by atoms with E-state index in [2.05, 4.69) is 5.32 Å². The summed E-state index contributed by atoms with van der Waals surface area (Å²) in [5.74, 6) is 0.694. The molecule has 0 saturated heterocycles. The van der Waals surface area contributed by atoms with Crippen LogP contribution in [0.15, 0.2) is 18.2 Å². The van der Waals surface area contributed by atoms with Crippen molar-refractivity contribution in [3.05, 3.63) is 23.8 Å². The molecule has 0 aromatic heterocycles. The van der Waals surface area contributed by atoms with Crippen LogP contribution in [0.5, 0.6) is 11.5 Å². The lowest BCUT2D eigenvalue weighted by molar-refractivity contribution is 0.192. The Morgan fingerprint density at radius 3 is 2.76 bits per heavy atom. The SMILES string of the molecule is COCCCCNCc1ccc(O)c(OC)c1. The first kappa shape index (κ1) is 13.8. The van der Waals surface area contributed by atoms with E-state index >= 15 is 0 Å². The van der Waals surface area contributed by atoms with Crippen LogP contribution in [-0.4, -0.2) is 32.5 Å². The van der Waals surface area contributed by atoms with Crippen LogP contribution in [0, 0.1) is 0 Å². The van der Waals surface area contributed by atoms with Gasteiger partial charge in [0.25, 0.3) is 0 Å². The van der Waals surface area contributed by atoms with Crippen LogP contribution >= 0.6 is 0 Å². The van der Waals surface area contributed by atoms with Crippen LogP contribution in [0.4, 0.5) is 0 Å². The highest BCUT2D eigenvalue weighted by Crippen LogP contribution is 2.25. The Kier molecular flexibility index (Phi) is 6.43. The summed E-state index contributed by atoms with van der Waals surface area (Å²) in [4.78, 5) is 0. The molecule has 0 aliphatic rings. The van der Waals surface area contributed by atoms with Gasteiger partial charge in [0.15, 0.2) is 11.5 Å². The van der Waals surface area contributed by atoms with E-state index in [-0.39, 0.29) is 5.75 Å². The fourth-order valence-corrected chi connectivity index (χ4v) is 1.56. The van der Waals surface area contributed by atoms with E-state index < -0.39 is 0 Å². The van der Waals surface area contributed by atoms with Crippen LogP contribution < -0.4 is 10.1 Å². The van der Waals surface area contributed by atoms with E-state index in [1.54, 1.807) is 20.3 Å². The summed E-state index contributed by atoms with van der Waals surface area (Å²) in [6.45, 7) is 2.56. The monoisotopic (exact) mass is 239 g/mol. The highest BCUT2D eigenvalue weighted by molar-refractivity contribution is 5.41. The van der Waals surface area contributed by atoms with Gasteiger partial charge in [-0.15, -0.1) is 0 Å². The zero-order valence-electron chi connectivity index (χ0n) is 10.5. The van der Waals surface area contributed by atoms with Crippen molar-refractivity contribution >= 4 is 0 Å². The molecule has 1 rings (SSSR count). The number of rotatable bonds is 8. The standard InChI is InChI=1S/C13H21NO3/c1-16-8-4-3-7-14-10-11-5-6-12(15)13(9-11)17-2/h5-6,9,14-15H,3-4,7-8,10H2,1-2H3. The van der Waals surface area contributed by atoms with Crippen molar-refractivity contribution in [1.82, 2.24) is 5.32 Å². The second-order valence-electron chi connectivity index (χ2n) is 3.88. The molecule has 1 aromatic rings. The summed E-state index contributed by atoms with van der Waals surface area (Å²) >= 11 is 0. The smallest absolute Gasteiger partial charge is 0.160 e. The van der Waals surface area contributed by atoms with E-state index in [4.69, 9.17) is 9.47 Å². The maximum atomic E-state index is 9.44. The minimum atomic E-state index is 0.177. The van der Waals surface area contributed by atoms with Crippen molar-refractivity contribution in [3.8, 4) is 11.5 Å². The third kappa shape index (κ3) is 5.06. The number of phenolic OH excluding ortho intramolecular Hbond substituents is 1. The lowest BCUT2D eigenvalue weighted by Crippen LogP contribution is -2.15. The molecule has 0 aliphatic carbocycles. The average molecular weight is 239 g/mol. The number of benzene rings is 1. The van der Waals surface area contributed by atoms with Gasteiger partial charge >= 0.3 is 0 Å². The first-order valence-electron chi connectivity index (χ1n) is 5.83. The molecule has 0 aliphatic heterocycles. The minimum Gasteiger partial charge on any atom is -0.504 e. The first-order chi connectivity index (χ1) is 8.27. The molecule has 0 amide bonds. The zero-order valence-corrected chi connectivity index (χ0v) is 10.5. The lowest BCUT2D eigenvalue weighted by Gasteiger charge is -2.08. The van der Waals surface area contributed by atoms with E-state index in [0.717, 1.165) is 38.1 Å². The van der Waals surface area contributed by atoms with Crippen LogP contribution in [0.25, 0.3) is 0 Å². The molecule has 17 heavy (non-hydrogen) atoms. The molecule has 0 saturated carbocycles. The molecule has 0 fully saturated rings. The van der Waals surface area contributed by atoms with Gasteiger partial charge in [0.2, 0.25) is 0 Å². The van der Waals surface area contributed by atoms with Gasteiger partial charge in [-0.2, -0.15) is 0 Å². The second-order valence-corrected chi connectivity index (χ2v) is 3.88. The second kappa shape index (κ2) is 7.92. The van der Waals surface area contributed by atoms with Gasteiger partial charge in [-0.3, -0.25) is 0 Å². The molecule has 0 bridgehead atoms. The summed E-state index contributed by atoms with van der Waals surface area (Å²) in [5.41, 5.74) is 1.10. The van der Waals surface area contributed by atoms with E-state index in [9.17, 15) is 5.11 Å². The molecule has 4 nitrogen and oxygen atoms in total. The fraction of sp³-hybridized carbons (Fsp3) is 0.538. The first-order valence-corrected chi connectivity index (χ1v) is 5.83. The Balaban J connectivity index is 2.27. The Morgan fingerprint density at radius 1 is 1.24 bits per heavy atom. The van der Waals surface area contributed by atoms with Crippen molar-refractivity contribution in [1.29, 1.82) is 0 Å². The number of aromatic hydroxyl groups is 1. The third-order valence-corrected chi connectivity index (χ3v) is 2.53. The number of hydrogen-bond acceptors (Lipinski definition) is 4. The van der Waals surface area contributed by atoms with Crippen molar-refractivity contribution in [2.24, 2.45) is 0 Å². The van der Waals surface area contributed by atoms with Crippen molar-refractivity contribution in [2.75, 3.05) is 27.4 Å². The lowest BCUT2D eigenvalue weighted by atomic mass is 10.2. The largest absolute Gasteiger partial charge is 0.504 e. The van der Waals surface area contributed by atoms with E-state index in [1.165, 1.54) is 0 Å². The van der Waals surface area contributed by atoms with Gasteiger partial charge in [-0.25, -0.2) is 0 Å². The molecular weight excluding hydrogens is 218 g/mol. The normalized spacial score (nSPS) is 10.5. The summed E-state index contributed by atoms with van der Waals surface area (Å²) in [7, 11) is 3.27. The average Bonchev–Trinajstić information content (AvgIpc) is 2.35. The summed E-state index contributed by atoms with van der Waals surface area (Å²) in [6, 6.07) is 5.39. The maximum Gasteiger partial charge on any atom is 0.160 e. The Hall–Kier alpha value is -1.26. The molecule has 0 heterocycles. The number of hydrogen-bond donors (Lipinski definition) is 2. The predicted molar refractivity (Wildman–Crippen MR) is 67.5 cm³/mol. The molecule has 0 spiro atoms. The summed E-state index contributed by atoms with van der Waals surface area (Å²) in [5, 5.41) is 12.8. The van der Waals surface area contributed by atoms with E-state index in [0.29, 0.717) is 5.75 Å². The van der Waals surface area contributed by atoms with Crippen molar-refractivity contribution in [3.63, 3.8) is 0 Å². The minimum absolute atomic E-state index is 0.177. The fourth-order valence-electron chi connectivity index (χ4n) is 1.56. The molecule has 0 atom stereocenters. The topological polar surface area (TPSA) is 50.7 Å². The Morgan fingerprint density at radius 2 is 2.06 bits per heavy atom. The number of methoxy groups -OCH3 is 2. The third-order valence-electron chi connectivity index (χ3n) is 2.53. The Bertz CT molecular complexity index is 328. The summed E-state index contributed by atoms with van der Waals surface area (Å²) < 4.78 is 10.0. The van der Waals surface area contributed by atoms with Gasteiger partial charge in [0.1, 0.15) is 0 Å². The van der Waals surface area contributed by atoms with Crippen LogP contribution in [-0.2, 0) is 11.3 Å². The zero-order chi connectivity index (χ0) is 12.5. The summed E-state index contributed by atoms with van der Waals surface area (Å²) in [6.07, 6.45) is 2.17. The molecule has 0 unspecified atom stereocenters. The molecule has 0 radical (unpaired) electrons. The van der Waals surface area contributed by atoms with E-state index in [1.807, 2.05) is 12.1 Å². The predicted octanol–water partition coefficient (Wildman–Crippen LogP) is 1.92. The molecular formula is C13H21NO3. The van der Waals surface area contributed by atoms with Gasteiger partial charge < -0.3 is 19.9 Å². The van der Waals surface area contributed by atoms with Gasteiger partial charge in [-0.05, 0) is 37.1 Å². The van der Waals surface area contributed by atoms with Gasteiger partial charge in [-0.1, -0.05) is 6.07 Å². The van der Waals surface area contributed by atoms with Crippen molar-refractivity contribution in [2.45, 2.75) is 19.4 Å². The molecule has 96 valence electrons. The highest BCUT2D eigenvalue weighted by atomic mass is 16.5. The van der Waals surface area contributed by atoms with Crippen LogP contribution in [0.2, 0.25) is 0 Å². The quantitative estimate of drug-likeness (QED) is 0.680. The van der Waals surface area contributed by atoms with Gasteiger partial charge in [0.05, 0.1) is 7.11 Å². The van der Waals surface area contributed by atoms with Crippen molar-refractivity contribution < 1.29 is 14.6 Å². The van der Waals surface area contributed by atoms with Crippen LogP contribution in [0.3, 0.4) is 0 Å². The number of ether oxygens (including phenoxy) is 2. The number of nitrogens with one attached hydrogen (secondary N) is 1. The molecule has 2 N–H and O–H groups in total. The highest BCUT2D eigenvalue weighted by Gasteiger charge is 2.01. The molecule has 4 heteroatoms. The molecule has 1 aromatic carbocycles. The van der Waals surface area contributed by atoms with Crippen LogP contribution in [0.1, 0.15) is 18.4 Å². The number of unbranched alkanes of at least 4 members (excludes halogenated alkanes) is 1.